The monoisotopic (exact) mass is 374 g/mol. The van der Waals surface area contributed by atoms with Crippen molar-refractivity contribution in [1.29, 1.82) is 0 Å². The number of allylic oxidation sites excluding steroid dienone is 4. The standard InChI is InChI=1S/C22H27ClO3/c1-12-8-16-15-5-4-13-9-14(24)6-7-21(13,2)20(15)17(25)10-22(16,3)19(12)18(26)11-23/h6-7,9,12,15-16,19-20H,4-5,8,10-11H2,1-3H3. The number of halogens is 1. The maximum atomic E-state index is 13.4. The lowest BCUT2D eigenvalue weighted by molar-refractivity contribution is -0.145. The Bertz CT molecular complexity index is 750. The molecule has 0 aromatic carbocycles. The van der Waals surface area contributed by atoms with Crippen LogP contribution in [0.3, 0.4) is 0 Å². The van der Waals surface area contributed by atoms with Crippen LogP contribution < -0.4 is 0 Å². The van der Waals surface area contributed by atoms with E-state index in [2.05, 4.69) is 20.8 Å². The molecule has 0 amide bonds. The van der Waals surface area contributed by atoms with E-state index < -0.39 is 0 Å². The molecule has 3 fully saturated rings. The Morgan fingerprint density at radius 1 is 1.31 bits per heavy atom. The van der Waals surface area contributed by atoms with Crippen LogP contribution in [0.1, 0.15) is 46.5 Å². The van der Waals surface area contributed by atoms with E-state index in [1.54, 1.807) is 12.2 Å². The molecule has 7 unspecified atom stereocenters. The Kier molecular flexibility index (Phi) is 4.11. The third kappa shape index (κ3) is 2.28. The van der Waals surface area contributed by atoms with Crippen molar-refractivity contribution >= 4 is 29.0 Å². The predicted molar refractivity (Wildman–Crippen MR) is 101 cm³/mol. The fourth-order valence-electron chi connectivity index (χ4n) is 7.17. The molecule has 0 aromatic rings. The van der Waals surface area contributed by atoms with Crippen LogP contribution in [0.4, 0.5) is 0 Å². The second-order valence-corrected chi connectivity index (χ2v) is 9.68. The summed E-state index contributed by atoms with van der Waals surface area (Å²) in [7, 11) is 0. The van der Waals surface area contributed by atoms with Crippen molar-refractivity contribution in [3.05, 3.63) is 23.8 Å². The van der Waals surface area contributed by atoms with E-state index >= 15 is 0 Å². The Balaban J connectivity index is 1.75. The van der Waals surface area contributed by atoms with Gasteiger partial charge in [0.25, 0.3) is 0 Å². The van der Waals surface area contributed by atoms with Crippen molar-refractivity contribution in [2.24, 2.45) is 40.4 Å². The molecule has 3 saturated carbocycles. The highest BCUT2D eigenvalue weighted by Crippen LogP contribution is 2.66. The molecule has 4 heteroatoms. The minimum absolute atomic E-state index is 0.0336. The molecule has 0 bridgehead atoms. The van der Waals surface area contributed by atoms with E-state index in [4.69, 9.17) is 11.6 Å². The Morgan fingerprint density at radius 3 is 2.73 bits per heavy atom. The van der Waals surface area contributed by atoms with Crippen LogP contribution >= 0.6 is 11.6 Å². The molecule has 4 aliphatic rings. The van der Waals surface area contributed by atoms with E-state index in [1.807, 2.05) is 6.08 Å². The van der Waals surface area contributed by atoms with E-state index in [0.29, 0.717) is 12.3 Å². The molecule has 140 valence electrons. The number of carbonyl (C=O) groups is 3. The number of alkyl halides is 1. The normalized spacial score (nSPS) is 47.1. The third-order valence-corrected chi connectivity index (χ3v) is 8.34. The molecule has 4 rings (SSSR count). The second kappa shape index (κ2) is 5.89. The minimum Gasteiger partial charge on any atom is -0.299 e. The molecule has 0 saturated heterocycles. The first-order valence-corrected chi connectivity index (χ1v) is 10.3. The fraction of sp³-hybridized carbons (Fsp3) is 0.682. The predicted octanol–water partition coefficient (Wildman–Crippen LogP) is 4.14. The zero-order valence-electron chi connectivity index (χ0n) is 15.8. The molecule has 26 heavy (non-hydrogen) atoms. The Hall–Kier alpha value is -1.22. The number of Topliss-reactive ketones (excluding diaryl/α,β-unsaturated/α-hetero) is 2. The van der Waals surface area contributed by atoms with E-state index in [0.717, 1.165) is 24.8 Å². The lowest BCUT2D eigenvalue weighted by Gasteiger charge is -2.55. The minimum atomic E-state index is -0.340. The maximum Gasteiger partial charge on any atom is 0.178 e. The van der Waals surface area contributed by atoms with Gasteiger partial charge in [-0.2, -0.15) is 0 Å². The number of ketones is 3. The summed E-state index contributed by atoms with van der Waals surface area (Å²) in [6, 6.07) is 0. The van der Waals surface area contributed by atoms with Gasteiger partial charge < -0.3 is 0 Å². The number of hydrogen-bond acceptors (Lipinski definition) is 3. The van der Waals surface area contributed by atoms with Gasteiger partial charge in [-0.15, -0.1) is 11.6 Å². The van der Waals surface area contributed by atoms with Gasteiger partial charge in [0.2, 0.25) is 0 Å². The third-order valence-electron chi connectivity index (χ3n) is 8.07. The highest BCUT2D eigenvalue weighted by atomic mass is 35.5. The maximum absolute atomic E-state index is 13.4. The zero-order chi connectivity index (χ0) is 18.9. The Labute approximate surface area is 160 Å². The summed E-state index contributed by atoms with van der Waals surface area (Å²) < 4.78 is 0. The van der Waals surface area contributed by atoms with Gasteiger partial charge in [-0.1, -0.05) is 32.4 Å². The van der Waals surface area contributed by atoms with E-state index in [-0.39, 0.29) is 57.7 Å². The molecule has 3 nitrogen and oxygen atoms in total. The van der Waals surface area contributed by atoms with Crippen LogP contribution in [0.2, 0.25) is 0 Å². The average molecular weight is 375 g/mol. The van der Waals surface area contributed by atoms with Gasteiger partial charge in [-0.25, -0.2) is 0 Å². The Morgan fingerprint density at radius 2 is 2.04 bits per heavy atom. The summed E-state index contributed by atoms with van der Waals surface area (Å²) in [5.74, 6) is 1.20. The van der Waals surface area contributed by atoms with E-state index in [1.165, 1.54) is 0 Å². The van der Waals surface area contributed by atoms with Crippen LogP contribution in [-0.2, 0) is 14.4 Å². The molecule has 0 heterocycles. The quantitative estimate of drug-likeness (QED) is 0.682. The van der Waals surface area contributed by atoms with Crippen LogP contribution in [0.25, 0.3) is 0 Å². The van der Waals surface area contributed by atoms with Crippen LogP contribution in [0.15, 0.2) is 23.8 Å². The molecular formula is C22H27ClO3. The SMILES string of the molecule is CC1CC2C3CCC4=CC(=O)C=CC4(C)C3C(=O)CC2(C)C1C(=O)CCl. The van der Waals surface area contributed by atoms with Crippen molar-refractivity contribution in [1.82, 2.24) is 0 Å². The topological polar surface area (TPSA) is 51.2 Å². The summed E-state index contributed by atoms with van der Waals surface area (Å²) in [4.78, 5) is 37.8. The zero-order valence-corrected chi connectivity index (χ0v) is 16.5. The summed E-state index contributed by atoms with van der Waals surface area (Å²) >= 11 is 5.91. The molecule has 7 atom stereocenters. The van der Waals surface area contributed by atoms with Gasteiger partial charge in [0.1, 0.15) is 5.78 Å². The molecule has 0 aromatic heterocycles. The van der Waals surface area contributed by atoms with Gasteiger partial charge in [0.05, 0.1) is 5.88 Å². The molecule has 4 aliphatic carbocycles. The van der Waals surface area contributed by atoms with Crippen molar-refractivity contribution in [3.8, 4) is 0 Å². The summed E-state index contributed by atoms with van der Waals surface area (Å²) in [6.45, 7) is 6.42. The first-order valence-electron chi connectivity index (χ1n) is 9.78. The van der Waals surface area contributed by atoms with Gasteiger partial charge in [-0.05, 0) is 54.6 Å². The summed E-state index contributed by atoms with van der Waals surface area (Å²) in [6.07, 6.45) is 8.61. The fourth-order valence-corrected chi connectivity index (χ4v) is 7.33. The lowest BCUT2D eigenvalue weighted by Crippen LogP contribution is -2.54. The number of hydrogen-bond donors (Lipinski definition) is 0. The summed E-state index contributed by atoms with van der Waals surface area (Å²) in [5.41, 5.74) is 0.505. The first kappa shape index (κ1) is 18.2. The average Bonchev–Trinajstić information content (AvgIpc) is 2.84. The highest BCUT2D eigenvalue weighted by molar-refractivity contribution is 6.28. The molecule has 0 N–H and O–H groups in total. The molecular weight excluding hydrogens is 348 g/mol. The van der Waals surface area contributed by atoms with Crippen molar-refractivity contribution in [2.45, 2.75) is 46.5 Å². The number of fused-ring (bicyclic) bond motifs is 5. The molecule has 0 aliphatic heterocycles. The van der Waals surface area contributed by atoms with E-state index in [9.17, 15) is 14.4 Å². The van der Waals surface area contributed by atoms with Crippen LogP contribution in [0.5, 0.6) is 0 Å². The van der Waals surface area contributed by atoms with Crippen LogP contribution in [-0.4, -0.2) is 23.2 Å². The summed E-state index contributed by atoms with van der Waals surface area (Å²) in [5, 5.41) is 0. The van der Waals surface area contributed by atoms with Gasteiger partial charge in [0.15, 0.2) is 11.6 Å². The highest BCUT2D eigenvalue weighted by Gasteiger charge is 2.64. The van der Waals surface area contributed by atoms with Gasteiger partial charge >= 0.3 is 0 Å². The van der Waals surface area contributed by atoms with Crippen molar-refractivity contribution in [2.75, 3.05) is 5.88 Å². The van der Waals surface area contributed by atoms with Crippen LogP contribution in [0, 0.1) is 40.4 Å². The van der Waals surface area contributed by atoms with Gasteiger partial charge in [-0.3, -0.25) is 14.4 Å². The van der Waals surface area contributed by atoms with Crippen molar-refractivity contribution < 1.29 is 14.4 Å². The van der Waals surface area contributed by atoms with Gasteiger partial charge in [0, 0.05) is 23.7 Å². The number of rotatable bonds is 2. The number of carbonyl (C=O) groups excluding carboxylic acids is 3. The molecule has 0 radical (unpaired) electrons. The largest absolute Gasteiger partial charge is 0.299 e. The second-order valence-electron chi connectivity index (χ2n) is 9.41. The first-order chi connectivity index (χ1) is 12.2. The smallest absolute Gasteiger partial charge is 0.178 e. The lowest BCUT2D eigenvalue weighted by atomic mass is 9.47. The van der Waals surface area contributed by atoms with Crippen molar-refractivity contribution in [3.63, 3.8) is 0 Å². The molecule has 0 spiro atoms.